The summed E-state index contributed by atoms with van der Waals surface area (Å²) < 4.78 is 12.9. The maximum atomic E-state index is 12.9. The van der Waals surface area contributed by atoms with Crippen LogP contribution in [-0.4, -0.2) is 4.98 Å². The minimum absolute atomic E-state index is 0.0444. The van der Waals surface area contributed by atoms with Gasteiger partial charge < -0.3 is 5.32 Å². The van der Waals surface area contributed by atoms with Gasteiger partial charge in [0.05, 0.1) is 27.5 Å². The van der Waals surface area contributed by atoms with Crippen molar-refractivity contribution in [3.8, 4) is 0 Å². The molecule has 2 rings (SSSR count). The molecule has 90 valence electrons. The van der Waals surface area contributed by atoms with Gasteiger partial charge in [-0.15, -0.1) is 11.3 Å². The minimum atomic E-state index is -0.335. The Morgan fingerprint density at radius 1 is 1.47 bits per heavy atom. The molecule has 17 heavy (non-hydrogen) atoms. The molecule has 0 aliphatic carbocycles. The van der Waals surface area contributed by atoms with Gasteiger partial charge in [-0.25, -0.2) is 9.37 Å². The highest BCUT2D eigenvalue weighted by atomic mass is 35.5. The van der Waals surface area contributed by atoms with Crippen molar-refractivity contribution in [1.82, 2.24) is 4.98 Å². The van der Waals surface area contributed by atoms with Crippen LogP contribution in [0.5, 0.6) is 0 Å². The fourth-order valence-corrected chi connectivity index (χ4v) is 2.42. The molecule has 0 amide bonds. The van der Waals surface area contributed by atoms with Crippen LogP contribution in [0.25, 0.3) is 0 Å². The number of hydrogen-bond acceptors (Lipinski definition) is 3. The van der Waals surface area contributed by atoms with E-state index in [-0.39, 0.29) is 11.9 Å². The predicted octanol–water partition coefficient (Wildman–Crippen LogP) is 4.42. The molecule has 1 unspecified atom stereocenters. The van der Waals surface area contributed by atoms with Crippen molar-refractivity contribution in [2.45, 2.75) is 19.9 Å². The van der Waals surface area contributed by atoms with E-state index in [0.717, 1.165) is 10.7 Å². The van der Waals surface area contributed by atoms with E-state index in [1.807, 2.05) is 19.2 Å². The molecule has 0 aliphatic heterocycles. The second kappa shape index (κ2) is 5.02. The van der Waals surface area contributed by atoms with Crippen molar-refractivity contribution < 1.29 is 4.39 Å². The molecule has 1 aromatic heterocycles. The van der Waals surface area contributed by atoms with Crippen LogP contribution in [-0.2, 0) is 0 Å². The molecule has 2 aromatic rings. The quantitative estimate of drug-likeness (QED) is 0.893. The normalized spacial score (nSPS) is 12.5. The van der Waals surface area contributed by atoms with Gasteiger partial charge in [-0.3, -0.25) is 0 Å². The molecule has 5 heteroatoms. The number of nitrogens with zero attached hydrogens (tertiary/aromatic N) is 1. The second-order valence-electron chi connectivity index (χ2n) is 3.78. The molecule has 1 N–H and O–H groups in total. The molecule has 0 radical (unpaired) electrons. The van der Waals surface area contributed by atoms with Crippen LogP contribution in [0.15, 0.2) is 23.6 Å². The molecule has 2 nitrogen and oxygen atoms in total. The summed E-state index contributed by atoms with van der Waals surface area (Å²) in [6, 6.07) is 4.35. The molecular formula is C12H12ClFN2S. The Morgan fingerprint density at radius 2 is 2.24 bits per heavy atom. The Kier molecular flexibility index (Phi) is 3.64. The van der Waals surface area contributed by atoms with Crippen molar-refractivity contribution in [2.24, 2.45) is 0 Å². The lowest BCUT2D eigenvalue weighted by Gasteiger charge is -2.14. The van der Waals surface area contributed by atoms with E-state index >= 15 is 0 Å². The zero-order chi connectivity index (χ0) is 12.4. The summed E-state index contributed by atoms with van der Waals surface area (Å²) in [4.78, 5) is 4.39. The highest BCUT2D eigenvalue weighted by Gasteiger charge is 2.10. The summed E-state index contributed by atoms with van der Waals surface area (Å²) in [7, 11) is 0. The standard InChI is InChI=1S/C12H12ClFN2S/c1-7(12-6-17-8(2)16-12)15-11-4-3-9(14)5-10(11)13/h3-7,15H,1-2H3. The van der Waals surface area contributed by atoms with E-state index in [9.17, 15) is 4.39 Å². The largest absolute Gasteiger partial charge is 0.376 e. The second-order valence-corrected chi connectivity index (χ2v) is 5.25. The minimum Gasteiger partial charge on any atom is -0.376 e. The summed E-state index contributed by atoms with van der Waals surface area (Å²) in [5.74, 6) is -0.335. The number of hydrogen-bond donors (Lipinski definition) is 1. The molecule has 0 saturated heterocycles. The van der Waals surface area contributed by atoms with Gasteiger partial charge in [0, 0.05) is 5.38 Å². The Morgan fingerprint density at radius 3 is 2.82 bits per heavy atom. The number of anilines is 1. The van der Waals surface area contributed by atoms with Crippen LogP contribution in [0.3, 0.4) is 0 Å². The summed E-state index contributed by atoms with van der Waals surface area (Å²) in [6.07, 6.45) is 0. The summed E-state index contributed by atoms with van der Waals surface area (Å²) in [6.45, 7) is 3.96. The molecule has 0 aliphatic rings. The third-order valence-corrected chi connectivity index (χ3v) is 3.49. The van der Waals surface area contributed by atoms with Gasteiger partial charge in [0.15, 0.2) is 0 Å². The number of halogens is 2. The molecule has 1 heterocycles. The van der Waals surface area contributed by atoms with E-state index in [2.05, 4.69) is 10.3 Å². The molecule has 0 spiro atoms. The highest BCUT2D eigenvalue weighted by Crippen LogP contribution is 2.27. The van der Waals surface area contributed by atoms with Crippen molar-refractivity contribution in [3.05, 3.63) is 45.1 Å². The Balaban J connectivity index is 2.15. The Bertz CT molecular complexity index is 527. The van der Waals surface area contributed by atoms with E-state index < -0.39 is 0 Å². The average molecular weight is 271 g/mol. The number of aryl methyl sites for hydroxylation is 1. The summed E-state index contributed by atoms with van der Waals surface area (Å²) in [5.41, 5.74) is 1.68. The number of thiazole rings is 1. The van der Waals surface area contributed by atoms with Crippen LogP contribution in [0.2, 0.25) is 5.02 Å². The first-order valence-electron chi connectivity index (χ1n) is 5.20. The number of rotatable bonds is 3. The van der Waals surface area contributed by atoms with E-state index in [4.69, 9.17) is 11.6 Å². The van der Waals surface area contributed by atoms with E-state index in [1.54, 1.807) is 17.4 Å². The van der Waals surface area contributed by atoms with Crippen LogP contribution in [0.1, 0.15) is 23.7 Å². The fourth-order valence-electron chi connectivity index (χ4n) is 1.49. The smallest absolute Gasteiger partial charge is 0.124 e. The fraction of sp³-hybridized carbons (Fsp3) is 0.250. The van der Waals surface area contributed by atoms with Gasteiger partial charge in [-0.05, 0) is 32.0 Å². The van der Waals surface area contributed by atoms with E-state index in [1.165, 1.54) is 12.1 Å². The Labute approximate surface area is 108 Å². The van der Waals surface area contributed by atoms with Crippen molar-refractivity contribution >= 4 is 28.6 Å². The lowest BCUT2D eigenvalue weighted by Crippen LogP contribution is -2.07. The molecule has 1 atom stereocenters. The van der Waals surface area contributed by atoms with E-state index in [0.29, 0.717) is 10.7 Å². The zero-order valence-corrected chi connectivity index (χ0v) is 11.1. The molecule has 0 bridgehead atoms. The van der Waals surface area contributed by atoms with Crippen LogP contribution in [0.4, 0.5) is 10.1 Å². The van der Waals surface area contributed by atoms with Gasteiger partial charge in [0.2, 0.25) is 0 Å². The Hall–Kier alpha value is -1.13. The number of benzene rings is 1. The number of nitrogens with one attached hydrogen (secondary N) is 1. The monoisotopic (exact) mass is 270 g/mol. The highest BCUT2D eigenvalue weighted by molar-refractivity contribution is 7.09. The first-order valence-corrected chi connectivity index (χ1v) is 6.45. The lowest BCUT2D eigenvalue weighted by molar-refractivity contribution is 0.628. The molecular weight excluding hydrogens is 259 g/mol. The van der Waals surface area contributed by atoms with Crippen molar-refractivity contribution in [3.63, 3.8) is 0 Å². The SMILES string of the molecule is Cc1nc(C(C)Nc2ccc(F)cc2Cl)cs1. The molecule has 0 saturated carbocycles. The first kappa shape index (κ1) is 12.3. The first-order chi connectivity index (χ1) is 8.06. The molecule has 0 fully saturated rings. The van der Waals surface area contributed by atoms with Crippen LogP contribution >= 0.6 is 22.9 Å². The van der Waals surface area contributed by atoms with Gasteiger partial charge in [0.1, 0.15) is 5.82 Å². The van der Waals surface area contributed by atoms with Crippen LogP contribution < -0.4 is 5.32 Å². The molecule has 1 aromatic carbocycles. The van der Waals surface area contributed by atoms with Crippen LogP contribution in [0, 0.1) is 12.7 Å². The zero-order valence-electron chi connectivity index (χ0n) is 9.50. The van der Waals surface area contributed by atoms with Gasteiger partial charge >= 0.3 is 0 Å². The summed E-state index contributed by atoms with van der Waals surface area (Å²) in [5, 5.41) is 6.62. The predicted molar refractivity (Wildman–Crippen MR) is 70.3 cm³/mol. The maximum Gasteiger partial charge on any atom is 0.124 e. The topological polar surface area (TPSA) is 24.9 Å². The third-order valence-electron chi connectivity index (χ3n) is 2.38. The number of aromatic nitrogens is 1. The van der Waals surface area contributed by atoms with Crippen molar-refractivity contribution in [2.75, 3.05) is 5.32 Å². The lowest BCUT2D eigenvalue weighted by atomic mass is 10.2. The van der Waals surface area contributed by atoms with Gasteiger partial charge in [0.25, 0.3) is 0 Å². The average Bonchev–Trinajstić information content (AvgIpc) is 2.69. The maximum absolute atomic E-state index is 12.9. The van der Waals surface area contributed by atoms with Gasteiger partial charge in [-0.2, -0.15) is 0 Å². The summed E-state index contributed by atoms with van der Waals surface area (Å²) >= 11 is 7.55. The van der Waals surface area contributed by atoms with Gasteiger partial charge in [-0.1, -0.05) is 11.6 Å². The van der Waals surface area contributed by atoms with Crippen molar-refractivity contribution in [1.29, 1.82) is 0 Å². The third kappa shape index (κ3) is 2.96.